The van der Waals surface area contributed by atoms with Gasteiger partial charge in [0, 0.05) is 20.2 Å². The zero-order valence-corrected chi connectivity index (χ0v) is 13.7. The Morgan fingerprint density at radius 3 is 2.96 bits per heavy atom. The van der Waals surface area contributed by atoms with E-state index in [1.54, 1.807) is 11.6 Å². The monoisotopic (exact) mass is 327 g/mol. The van der Waals surface area contributed by atoms with Crippen LogP contribution in [0.3, 0.4) is 0 Å². The maximum Gasteiger partial charge on any atom is 0.262 e. The summed E-state index contributed by atoms with van der Waals surface area (Å²) in [7, 11) is 1.73. The number of aryl methyl sites for hydroxylation is 1. The van der Waals surface area contributed by atoms with Crippen LogP contribution in [0.1, 0.15) is 18.7 Å². The van der Waals surface area contributed by atoms with Gasteiger partial charge < -0.3 is 5.11 Å². The fourth-order valence-electron chi connectivity index (χ4n) is 3.64. The largest absolute Gasteiger partial charge is 0.396 e. The average Bonchev–Trinajstić information content (AvgIpc) is 3.04. The Labute approximate surface area is 139 Å². The molecule has 0 spiro atoms. The number of likely N-dealkylation sites (tertiary alicyclic amines) is 1. The maximum absolute atomic E-state index is 12.5. The Bertz CT molecular complexity index is 945. The summed E-state index contributed by atoms with van der Waals surface area (Å²) in [5, 5.41) is 18.7. The summed E-state index contributed by atoms with van der Waals surface area (Å²) in [6.45, 7) is 2.76. The molecule has 0 amide bonds. The SMILES string of the molecule is Cn1c(=O)c2ccccc2n2c(CN3CCCC(CO)C3)nnc12. The number of benzene rings is 1. The molecule has 0 saturated carbocycles. The van der Waals surface area contributed by atoms with E-state index >= 15 is 0 Å². The first-order chi connectivity index (χ1) is 11.7. The second kappa shape index (κ2) is 5.99. The number of aromatic nitrogens is 4. The molecule has 0 radical (unpaired) electrons. The van der Waals surface area contributed by atoms with E-state index in [2.05, 4.69) is 15.1 Å². The summed E-state index contributed by atoms with van der Waals surface area (Å²) in [4.78, 5) is 14.8. The molecular formula is C17H21N5O2. The van der Waals surface area contributed by atoms with Crippen LogP contribution in [0.4, 0.5) is 0 Å². The zero-order chi connectivity index (χ0) is 16.7. The number of nitrogens with zero attached hydrogens (tertiary/aromatic N) is 5. The highest BCUT2D eigenvalue weighted by Gasteiger charge is 2.22. The third-order valence-corrected chi connectivity index (χ3v) is 4.92. The molecule has 7 heteroatoms. The third-order valence-electron chi connectivity index (χ3n) is 4.92. The van der Waals surface area contributed by atoms with Crippen LogP contribution in [-0.4, -0.2) is 48.9 Å². The minimum atomic E-state index is -0.0598. The summed E-state index contributed by atoms with van der Waals surface area (Å²) in [6.07, 6.45) is 2.16. The normalized spacial score (nSPS) is 19.3. The zero-order valence-electron chi connectivity index (χ0n) is 13.7. The van der Waals surface area contributed by atoms with Crippen LogP contribution >= 0.6 is 0 Å². The lowest BCUT2D eigenvalue weighted by molar-refractivity contribution is 0.114. The summed E-state index contributed by atoms with van der Waals surface area (Å²) < 4.78 is 3.52. The summed E-state index contributed by atoms with van der Waals surface area (Å²) >= 11 is 0. The Hall–Kier alpha value is -2.25. The first-order valence-electron chi connectivity index (χ1n) is 8.34. The van der Waals surface area contributed by atoms with Crippen molar-refractivity contribution in [2.24, 2.45) is 13.0 Å². The van der Waals surface area contributed by atoms with Crippen LogP contribution in [-0.2, 0) is 13.6 Å². The lowest BCUT2D eigenvalue weighted by atomic mass is 9.99. The number of rotatable bonds is 3. The predicted octanol–water partition coefficient (Wildman–Crippen LogP) is 0.785. The lowest BCUT2D eigenvalue weighted by Gasteiger charge is -2.31. The minimum absolute atomic E-state index is 0.0598. The minimum Gasteiger partial charge on any atom is -0.396 e. The molecule has 4 rings (SSSR count). The molecule has 3 aromatic rings. The Balaban J connectivity index is 1.81. The molecule has 1 unspecified atom stereocenters. The molecule has 1 N–H and O–H groups in total. The molecule has 7 nitrogen and oxygen atoms in total. The number of aliphatic hydroxyl groups excluding tert-OH is 1. The highest BCUT2D eigenvalue weighted by molar-refractivity contribution is 5.80. The van der Waals surface area contributed by atoms with Gasteiger partial charge in [0.05, 0.1) is 17.4 Å². The molecule has 1 saturated heterocycles. The van der Waals surface area contributed by atoms with Crippen molar-refractivity contribution in [3.8, 4) is 0 Å². The summed E-state index contributed by atoms with van der Waals surface area (Å²) in [6, 6.07) is 7.57. The fourth-order valence-corrected chi connectivity index (χ4v) is 3.64. The van der Waals surface area contributed by atoms with Crippen molar-refractivity contribution in [1.82, 2.24) is 24.1 Å². The first kappa shape index (κ1) is 15.3. The van der Waals surface area contributed by atoms with Crippen molar-refractivity contribution in [2.75, 3.05) is 19.7 Å². The molecule has 1 aromatic carbocycles. The molecule has 24 heavy (non-hydrogen) atoms. The molecule has 1 aliphatic rings. The Kier molecular flexibility index (Phi) is 3.82. The van der Waals surface area contributed by atoms with Crippen LogP contribution in [0.25, 0.3) is 16.7 Å². The molecule has 1 atom stereocenters. The third kappa shape index (κ3) is 2.40. The van der Waals surface area contributed by atoms with Gasteiger partial charge in [-0.1, -0.05) is 12.1 Å². The van der Waals surface area contributed by atoms with Gasteiger partial charge in [-0.2, -0.15) is 0 Å². The van der Waals surface area contributed by atoms with Gasteiger partial charge in [0.25, 0.3) is 5.56 Å². The van der Waals surface area contributed by atoms with Gasteiger partial charge in [-0.15, -0.1) is 10.2 Å². The van der Waals surface area contributed by atoms with Crippen molar-refractivity contribution < 1.29 is 5.11 Å². The van der Waals surface area contributed by atoms with Crippen LogP contribution in [0.2, 0.25) is 0 Å². The van der Waals surface area contributed by atoms with Gasteiger partial charge in [-0.25, -0.2) is 0 Å². The average molecular weight is 327 g/mol. The van der Waals surface area contributed by atoms with Crippen LogP contribution in [0.5, 0.6) is 0 Å². The number of para-hydroxylation sites is 1. The van der Waals surface area contributed by atoms with Crippen molar-refractivity contribution >= 4 is 16.7 Å². The predicted molar refractivity (Wildman–Crippen MR) is 90.8 cm³/mol. The van der Waals surface area contributed by atoms with Crippen molar-refractivity contribution in [1.29, 1.82) is 0 Å². The van der Waals surface area contributed by atoms with Gasteiger partial charge in [-0.05, 0) is 37.4 Å². The Morgan fingerprint density at radius 2 is 2.12 bits per heavy atom. The molecule has 126 valence electrons. The van der Waals surface area contributed by atoms with Gasteiger partial charge >= 0.3 is 0 Å². The van der Waals surface area contributed by atoms with Crippen LogP contribution < -0.4 is 5.56 Å². The van der Waals surface area contributed by atoms with Gasteiger partial charge in [0.15, 0.2) is 5.82 Å². The van der Waals surface area contributed by atoms with Crippen molar-refractivity contribution in [3.63, 3.8) is 0 Å². The van der Waals surface area contributed by atoms with Gasteiger partial charge in [0.2, 0.25) is 5.78 Å². The summed E-state index contributed by atoms with van der Waals surface area (Å²) in [5.41, 5.74) is 0.779. The summed E-state index contributed by atoms with van der Waals surface area (Å²) in [5.74, 6) is 1.72. The number of hydrogen-bond donors (Lipinski definition) is 1. The van der Waals surface area contributed by atoms with E-state index < -0.39 is 0 Å². The maximum atomic E-state index is 12.5. The molecule has 1 fully saturated rings. The van der Waals surface area contributed by atoms with E-state index in [4.69, 9.17) is 0 Å². The van der Waals surface area contributed by atoms with E-state index in [-0.39, 0.29) is 12.2 Å². The Morgan fingerprint density at radius 1 is 1.29 bits per heavy atom. The van der Waals surface area contributed by atoms with Gasteiger partial charge in [0.1, 0.15) is 0 Å². The van der Waals surface area contributed by atoms with Crippen LogP contribution in [0.15, 0.2) is 29.1 Å². The second-order valence-corrected chi connectivity index (χ2v) is 6.56. The van der Waals surface area contributed by atoms with E-state index in [1.807, 2.05) is 28.7 Å². The number of fused-ring (bicyclic) bond motifs is 3. The number of aliphatic hydroxyl groups is 1. The lowest BCUT2D eigenvalue weighted by Crippen LogP contribution is -2.36. The fraction of sp³-hybridized carbons (Fsp3) is 0.471. The van der Waals surface area contributed by atoms with E-state index in [0.29, 0.717) is 23.6 Å². The van der Waals surface area contributed by atoms with Crippen molar-refractivity contribution in [2.45, 2.75) is 19.4 Å². The molecular weight excluding hydrogens is 306 g/mol. The topological polar surface area (TPSA) is 75.7 Å². The number of piperidine rings is 1. The van der Waals surface area contributed by atoms with Crippen molar-refractivity contribution in [3.05, 3.63) is 40.4 Å². The molecule has 0 aliphatic carbocycles. The highest BCUT2D eigenvalue weighted by atomic mass is 16.3. The quantitative estimate of drug-likeness (QED) is 0.769. The van der Waals surface area contributed by atoms with E-state index in [9.17, 15) is 9.90 Å². The van der Waals surface area contributed by atoms with E-state index in [1.165, 1.54) is 0 Å². The smallest absolute Gasteiger partial charge is 0.262 e. The highest BCUT2D eigenvalue weighted by Crippen LogP contribution is 2.19. The standard InChI is InChI=1S/C17H21N5O2/c1-20-16(24)13-6-2-3-7-14(13)22-15(18-19-17(20)22)10-21-8-4-5-12(9-21)11-23/h2-3,6-7,12,23H,4-5,8-11H2,1H3. The molecule has 3 heterocycles. The van der Waals surface area contributed by atoms with E-state index in [0.717, 1.165) is 37.3 Å². The molecule has 1 aliphatic heterocycles. The molecule has 0 bridgehead atoms. The van der Waals surface area contributed by atoms with Crippen LogP contribution in [0, 0.1) is 5.92 Å². The first-order valence-corrected chi connectivity index (χ1v) is 8.34. The number of hydrogen-bond acceptors (Lipinski definition) is 5. The van der Waals surface area contributed by atoms with Gasteiger partial charge in [-0.3, -0.25) is 18.7 Å². The second-order valence-electron chi connectivity index (χ2n) is 6.56. The molecule has 2 aromatic heterocycles.